The molecule has 1 atom stereocenters. The van der Waals surface area contributed by atoms with E-state index in [1.165, 1.54) is 29.9 Å². The minimum atomic E-state index is -0.683. The smallest absolute Gasteiger partial charge is 0.284 e. The van der Waals surface area contributed by atoms with Gasteiger partial charge in [0, 0.05) is 12.3 Å². The van der Waals surface area contributed by atoms with Crippen molar-refractivity contribution in [1.29, 1.82) is 5.26 Å². The Labute approximate surface area is 191 Å². The lowest BCUT2D eigenvalue weighted by Gasteiger charge is -2.14. The number of nitrogens with zero attached hydrogens (tertiary/aromatic N) is 5. The van der Waals surface area contributed by atoms with E-state index in [9.17, 15) is 14.0 Å². The van der Waals surface area contributed by atoms with Gasteiger partial charge in [0.1, 0.15) is 29.5 Å². The molecule has 0 saturated carbocycles. The monoisotopic (exact) mass is 471 g/mol. The van der Waals surface area contributed by atoms with Gasteiger partial charge < -0.3 is 15.4 Å². The van der Waals surface area contributed by atoms with E-state index < -0.39 is 35.1 Å². The summed E-state index contributed by atoms with van der Waals surface area (Å²) >= 11 is 0. The lowest BCUT2D eigenvalue weighted by molar-refractivity contribution is -0.123. The summed E-state index contributed by atoms with van der Waals surface area (Å²) in [5, 5.41) is 18.5. The zero-order valence-corrected chi connectivity index (χ0v) is 19.2. The van der Waals surface area contributed by atoms with Crippen molar-refractivity contribution in [2.24, 2.45) is 4.36 Å². The number of nitrogens with one attached hydrogen (secondary N) is 2. The lowest BCUT2D eigenvalue weighted by atomic mass is 10.2. The highest BCUT2D eigenvalue weighted by Crippen LogP contribution is 2.31. The largest absolute Gasteiger partial charge is 0.481 e. The molecule has 2 heterocycles. The van der Waals surface area contributed by atoms with Crippen LogP contribution in [-0.4, -0.2) is 51.6 Å². The summed E-state index contributed by atoms with van der Waals surface area (Å²) in [6, 6.07) is 5.00. The molecule has 2 N–H and O–H groups in total. The van der Waals surface area contributed by atoms with Crippen LogP contribution in [0.2, 0.25) is 0 Å². The van der Waals surface area contributed by atoms with Gasteiger partial charge in [-0.2, -0.15) is 14.7 Å². The Morgan fingerprint density at radius 2 is 2.15 bits per heavy atom. The molecule has 172 valence electrons. The topological polar surface area (TPSA) is 134 Å². The highest BCUT2D eigenvalue weighted by molar-refractivity contribution is 7.86. The van der Waals surface area contributed by atoms with Gasteiger partial charge in [-0.1, -0.05) is 10.7 Å². The number of ether oxygens (including phenoxy) is 1. The number of carbonyl (C=O) groups excluding carboxylic acids is 2. The number of hydrogen-bond donors (Lipinski definition) is 2. The van der Waals surface area contributed by atoms with E-state index in [-0.39, 0.29) is 11.7 Å². The average Bonchev–Trinajstić information content (AvgIpc) is 3.11. The first-order chi connectivity index (χ1) is 15.7. The predicted octanol–water partition coefficient (Wildman–Crippen LogP) is 2.53. The molecule has 1 aromatic carbocycles. The molecule has 3 aromatic rings. The van der Waals surface area contributed by atoms with Crippen LogP contribution in [0.15, 0.2) is 35.1 Å². The number of hydrogen-bond acceptors (Lipinski definition) is 7. The number of nitriles is 1. The molecule has 2 amide bonds. The number of anilines is 2. The van der Waals surface area contributed by atoms with Crippen LogP contribution < -0.4 is 15.4 Å². The second-order valence-corrected chi connectivity index (χ2v) is 8.94. The Morgan fingerprint density at radius 3 is 2.85 bits per heavy atom. The minimum Gasteiger partial charge on any atom is -0.481 e. The van der Waals surface area contributed by atoms with E-state index in [0.29, 0.717) is 28.1 Å². The zero-order chi connectivity index (χ0) is 24.1. The third kappa shape index (κ3) is 5.69. The van der Waals surface area contributed by atoms with Crippen molar-refractivity contribution in [1.82, 2.24) is 19.9 Å². The first-order valence-corrected chi connectivity index (χ1v) is 11.7. The van der Waals surface area contributed by atoms with E-state index in [0.717, 1.165) is 6.07 Å². The van der Waals surface area contributed by atoms with Crippen molar-refractivity contribution in [3.05, 3.63) is 47.7 Å². The summed E-state index contributed by atoms with van der Waals surface area (Å²) in [5.74, 6) is -1.00. The normalized spacial score (nSPS) is 11.7. The van der Waals surface area contributed by atoms with Gasteiger partial charge >= 0.3 is 0 Å². The van der Waals surface area contributed by atoms with Crippen LogP contribution in [0.3, 0.4) is 0 Å². The van der Waals surface area contributed by atoms with Crippen LogP contribution >= 0.6 is 0 Å². The molecule has 0 spiro atoms. The van der Waals surface area contributed by atoms with Gasteiger partial charge in [-0.3, -0.25) is 9.59 Å². The molecule has 10 nitrogen and oxygen atoms in total. The Hall–Kier alpha value is -3.85. The zero-order valence-electron chi connectivity index (χ0n) is 18.4. The fraction of sp³-hybridized carbons (Fsp3) is 0.286. The molecule has 3 rings (SSSR count). The second kappa shape index (κ2) is 10.2. The Morgan fingerprint density at radius 1 is 1.39 bits per heavy atom. The van der Waals surface area contributed by atoms with Crippen LogP contribution in [0.5, 0.6) is 5.75 Å². The highest BCUT2D eigenvalue weighted by Gasteiger charge is 2.19. The first kappa shape index (κ1) is 23.8. The van der Waals surface area contributed by atoms with Gasteiger partial charge in [0.2, 0.25) is 0 Å². The number of benzene rings is 1. The summed E-state index contributed by atoms with van der Waals surface area (Å²) in [7, 11) is -0.417. The third-order valence-electron chi connectivity index (χ3n) is 4.45. The van der Waals surface area contributed by atoms with Crippen molar-refractivity contribution in [3.63, 3.8) is 0 Å². The molecular weight excluding hydrogens is 449 g/mol. The van der Waals surface area contributed by atoms with E-state index in [4.69, 9.17) is 10.00 Å². The molecule has 1 unspecified atom stereocenters. The van der Waals surface area contributed by atoms with E-state index in [1.54, 1.807) is 13.1 Å². The number of amides is 2. The van der Waals surface area contributed by atoms with Crippen LogP contribution in [-0.2, 0) is 15.5 Å². The molecule has 12 heteroatoms. The van der Waals surface area contributed by atoms with E-state index in [2.05, 4.69) is 25.1 Å². The van der Waals surface area contributed by atoms with Crippen molar-refractivity contribution < 1.29 is 18.7 Å². The molecule has 0 fully saturated rings. The Balaban J connectivity index is 1.92. The standard InChI is InChI=1S/C21H22FN7O3S/c1-12(8-23)26-18(30)10-32-17-7-14(22)5-6-16(17)27-20-19-13(2)15(21(31)28-33(3)4)9-29(19)25-11-24-20/h5-7,9,11-12H,10H2,1-4H3,(H,26,30)(H,24,25,27). The molecule has 0 bridgehead atoms. The quantitative estimate of drug-likeness (QED) is 0.541. The number of aromatic nitrogens is 3. The molecule has 2 aromatic heterocycles. The van der Waals surface area contributed by atoms with Gasteiger partial charge in [-0.15, -0.1) is 0 Å². The summed E-state index contributed by atoms with van der Waals surface area (Å²) in [6.45, 7) is 2.88. The number of fused-ring (bicyclic) bond motifs is 1. The summed E-state index contributed by atoms with van der Waals surface area (Å²) < 4.78 is 25.0. The molecule has 0 radical (unpaired) electrons. The van der Waals surface area contributed by atoms with Crippen LogP contribution in [0.25, 0.3) is 5.52 Å². The molecular formula is C21H22FN7O3S. The summed E-state index contributed by atoms with van der Waals surface area (Å²) in [6.07, 6.45) is 6.57. The number of halogens is 1. The van der Waals surface area contributed by atoms with Crippen molar-refractivity contribution >= 4 is 39.5 Å². The first-order valence-electron chi connectivity index (χ1n) is 9.74. The fourth-order valence-electron chi connectivity index (χ4n) is 2.99. The van der Waals surface area contributed by atoms with Gasteiger partial charge in [0.15, 0.2) is 12.4 Å². The van der Waals surface area contributed by atoms with Gasteiger partial charge in [0.05, 0.1) is 17.3 Å². The van der Waals surface area contributed by atoms with Gasteiger partial charge in [-0.25, -0.2) is 13.9 Å². The fourth-order valence-corrected chi connectivity index (χ4v) is 3.42. The van der Waals surface area contributed by atoms with Crippen LogP contribution in [0.4, 0.5) is 15.9 Å². The van der Waals surface area contributed by atoms with Crippen molar-refractivity contribution in [2.45, 2.75) is 19.9 Å². The average molecular weight is 472 g/mol. The lowest BCUT2D eigenvalue weighted by Crippen LogP contribution is -2.35. The molecule has 0 aliphatic rings. The van der Waals surface area contributed by atoms with Crippen LogP contribution in [0.1, 0.15) is 22.8 Å². The van der Waals surface area contributed by atoms with Crippen LogP contribution in [0, 0.1) is 24.1 Å². The number of rotatable bonds is 7. The van der Waals surface area contributed by atoms with Gasteiger partial charge in [0.25, 0.3) is 11.8 Å². The maximum atomic E-state index is 13.9. The third-order valence-corrected chi connectivity index (χ3v) is 4.98. The number of aryl methyl sites for hydroxylation is 1. The minimum absolute atomic E-state index is 0.0723. The Bertz CT molecular complexity index is 1290. The summed E-state index contributed by atoms with van der Waals surface area (Å²) in [4.78, 5) is 28.7. The van der Waals surface area contributed by atoms with E-state index in [1.807, 2.05) is 18.6 Å². The SMILES string of the molecule is Cc1c(C(=O)N=S(C)C)cn2ncnc(Nc3ccc(F)cc3OCC(=O)NC(C)C#N)c12. The van der Waals surface area contributed by atoms with Crippen molar-refractivity contribution in [2.75, 3.05) is 24.4 Å². The second-order valence-electron chi connectivity index (χ2n) is 7.21. The molecule has 0 aliphatic carbocycles. The molecule has 0 aliphatic heterocycles. The van der Waals surface area contributed by atoms with Gasteiger partial charge in [-0.05, 0) is 44.1 Å². The van der Waals surface area contributed by atoms with E-state index >= 15 is 0 Å². The maximum absolute atomic E-state index is 13.9. The van der Waals surface area contributed by atoms with Crippen molar-refractivity contribution in [3.8, 4) is 11.8 Å². The Kier molecular flexibility index (Phi) is 7.34. The highest BCUT2D eigenvalue weighted by atomic mass is 32.2. The summed E-state index contributed by atoms with van der Waals surface area (Å²) in [5.41, 5.74) is 1.92. The molecule has 33 heavy (non-hydrogen) atoms. The molecule has 0 saturated heterocycles. The predicted molar refractivity (Wildman–Crippen MR) is 122 cm³/mol. The number of carbonyl (C=O) groups is 2. The maximum Gasteiger partial charge on any atom is 0.284 e.